The molecule has 1 unspecified atom stereocenters. The zero-order valence-corrected chi connectivity index (χ0v) is 16.9. The SMILES string of the molecule is CCNC(=NCc1ccc(C(=O)OC)c(OC)c1)N1CCSC(CC)C1. The summed E-state index contributed by atoms with van der Waals surface area (Å²) < 4.78 is 10.1. The predicted octanol–water partition coefficient (Wildman–Crippen LogP) is 2.77. The van der Waals surface area contributed by atoms with Gasteiger partial charge in [-0.05, 0) is 31.0 Å². The number of nitrogens with zero attached hydrogens (tertiary/aromatic N) is 2. The van der Waals surface area contributed by atoms with Gasteiger partial charge in [0.05, 0.1) is 20.8 Å². The quantitative estimate of drug-likeness (QED) is 0.466. The van der Waals surface area contributed by atoms with Crippen LogP contribution in [0.2, 0.25) is 0 Å². The second kappa shape index (κ2) is 10.3. The lowest BCUT2D eigenvalue weighted by Gasteiger charge is -2.34. The van der Waals surface area contributed by atoms with Crippen molar-refractivity contribution in [2.45, 2.75) is 32.1 Å². The van der Waals surface area contributed by atoms with Gasteiger partial charge in [-0.25, -0.2) is 9.79 Å². The van der Waals surface area contributed by atoms with Crippen LogP contribution in [-0.2, 0) is 11.3 Å². The third-order valence-corrected chi connectivity index (χ3v) is 5.68. The number of aliphatic imine (C=N–C) groups is 1. The topological polar surface area (TPSA) is 63.2 Å². The van der Waals surface area contributed by atoms with Gasteiger partial charge < -0.3 is 19.7 Å². The Labute approximate surface area is 160 Å². The highest BCUT2D eigenvalue weighted by molar-refractivity contribution is 8.00. The van der Waals surface area contributed by atoms with E-state index in [0.717, 1.165) is 36.9 Å². The standard InChI is InChI=1S/C19H29N3O3S/c1-5-15-13-22(9-10-26-15)19(20-6-2)21-12-14-7-8-16(18(23)25-4)17(11-14)24-3/h7-8,11,15H,5-6,9-10,12-13H2,1-4H3,(H,20,21). The molecule has 1 aliphatic heterocycles. The van der Waals surface area contributed by atoms with Gasteiger partial charge in [0.2, 0.25) is 0 Å². The fourth-order valence-corrected chi connectivity index (χ4v) is 4.04. The Bertz CT molecular complexity index is 636. The van der Waals surface area contributed by atoms with Gasteiger partial charge in [0.25, 0.3) is 0 Å². The number of esters is 1. The van der Waals surface area contributed by atoms with Crippen molar-refractivity contribution < 1.29 is 14.3 Å². The monoisotopic (exact) mass is 379 g/mol. The van der Waals surface area contributed by atoms with Gasteiger partial charge in [-0.2, -0.15) is 11.8 Å². The van der Waals surface area contributed by atoms with E-state index >= 15 is 0 Å². The molecule has 1 atom stereocenters. The van der Waals surface area contributed by atoms with Crippen molar-refractivity contribution in [1.29, 1.82) is 0 Å². The largest absolute Gasteiger partial charge is 0.496 e. The minimum atomic E-state index is -0.401. The molecule has 0 bridgehead atoms. The lowest BCUT2D eigenvalue weighted by Crippen LogP contribution is -2.48. The summed E-state index contributed by atoms with van der Waals surface area (Å²) >= 11 is 2.04. The zero-order valence-electron chi connectivity index (χ0n) is 16.1. The second-order valence-corrected chi connectivity index (χ2v) is 7.45. The van der Waals surface area contributed by atoms with E-state index in [0.29, 0.717) is 23.1 Å². The van der Waals surface area contributed by atoms with Gasteiger partial charge in [-0.3, -0.25) is 0 Å². The molecule has 2 rings (SSSR count). The summed E-state index contributed by atoms with van der Waals surface area (Å²) in [6, 6.07) is 5.47. The Morgan fingerprint density at radius 3 is 2.85 bits per heavy atom. The summed E-state index contributed by atoms with van der Waals surface area (Å²) in [4.78, 5) is 18.9. The zero-order chi connectivity index (χ0) is 18.9. The third kappa shape index (κ3) is 5.30. The molecule has 26 heavy (non-hydrogen) atoms. The van der Waals surface area contributed by atoms with Crippen molar-refractivity contribution >= 4 is 23.7 Å². The molecule has 0 radical (unpaired) electrons. The smallest absolute Gasteiger partial charge is 0.341 e. The molecule has 0 spiro atoms. The van der Waals surface area contributed by atoms with Crippen LogP contribution in [0.1, 0.15) is 36.2 Å². The predicted molar refractivity (Wildman–Crippen MR) is 107 cm³/mol. The highest BCUT2D eigenvalue weighted by atomic mass is 32.2. The molecule has 1 saturated heterocycles. The number of benzene rings is 1. The molecule has 7 heteroatoms. The van der Waals surface area contributed by atoms with E-state index in [1.165, 1.54) is 13.5 Å². The first-order valence-electron chi connectivity index (χ1n) is 9.02. The Morgan fingerprint density at radius 1 is 1.38 bits per heavy atom. The number of ether oxygens (including phenoxy) is 2. The van der Waals surface area contributed by atoms with Crippen LogP contribution >= 0.6 is 11.8 Å². The molecule has 6 nitrogen and oxygen atoms in total. The number of carbonyl (C=O) groups is 1. The maximum Gasteiger partial charge on any atom is 0.341 e. The lowest BCUT2D eigenvalue weighted by molar-refractivity contribution is 0.0597. The summed E-state index contributed by atoms with van der Waals surface area (Å²) in [5.41, 5.74) is 1.41. The summed E-state index contributed by atoms with van der Waals surface area (Å²) in [6.07, 6.45) is 1.17. The summed E-state index contributed by atoms with van der Waals surface area (Å²) in [5, 5.41) is 4.06. The van der Waals surface area contributed by atoms with Crippen LogP contribution < -0.4 is 10.1 Å². The van der Waals surface area contributed by atoms with Gasteiger partial charge in [-0.1, -0.05) is 13.0 Å². The van der Waals surface area contributed by atoms with E-state index < -0.39 is 5.97 Å². The molecule has 1 aliphatic rings. The fraction of sp³-hybridized carbons (Fsp3) is 0.579. The van der Waals surface area contributed by atoms with Crippen molar-refractivity contribution in [3.8, 4) is 5.75 Å². The first-order chi connectivity index (χ1) is 12.6. The van der Waals surface area contributed by atoms with Gasteiger partial charge in [-0.15, -0.1) is 0 Å². The number of methoxy groups -OCH3 is 2. The number of hydrogen-bond acceptors (Lipinski definition) is 5. The van der Waals surface area contributed by atoms with Crippen molar-refractivity contribution in [1.82, 2.24) is 10.2 Å². The van der Waals surface area contributed by atoms with Crippen molar-refractivity contribution in [2.75, 3.05) is 39.6 Å². The summed E-state index contributed by atoms with van der Waals surface area (Å²) in [7, 11) is 2.91. The van der Waals surface area contributed by atoms with Crippen LogP contribution in [0, 0.1) is 0 Å². The molecule has 1 heterocycles. The highest BCUT2D eigenvalue weighted by Crippen LogP contribution is 2.23. The number of guanidine groups is 1. The number of carbonyl (C=O) groups excluding carboxylic acids is 1. The van der Waals surface area contributed by atoms with Gasteiger partial charge in [0.15, 0.2) is 5.96 Å². The Balaban J connectivity index is 2.14. The van der Waals surface area contributed by atoms with Crippen molar-refractivity contribution in [3.05, 3.63) is 29.3 Å². The molecule has 0 amide bonds. The number of nitrogens with one attached hydrogen (secondary N) is 1. The van der Waals surface area contributed by atoms with E-state index in [1.807, 2.05) is 23.9 Å². The fourth-order valence-electron chi connectivity index (χ4n) is 2.86. The number of thioether (sulfide) groups is 1. The maximum absolute atomic E-state index is 11.8. The molecule has 1 fully saturated rings. The Hall–Kier alpha value is -1.89. The Morgan fingerprint density at radius 2 is 2.19 bits per heavy atom. The van der Waals surface area contributed by atoms with Gasteiger partial charge in [0.1, 0.15) is 11.3 Å². The van der Waals surface area contributed by atoms with Crippen LogP contribution in [0.5, 0.6) is 5.75 Å². The molecule has 1 N–H and O–H groups in total. The highest BCUT2D eigenvalue weighted by Gasteiger charge is 2.21. The summed E-state index contributed by atoms with van der Waals surface area (Å²) in [6.45, 7) is 7.72. The van der Waals surface area contributed by atoms with E-state index in [2.05, 4.69) is 24.1 Å². The van der Waals surface area contributed by atoms with Crippen LogP contribution in [0.3, 0.4) is 0 Å². The molecule has 1 aromatic carbocycles. The van der Waals surface area contributed by atoms with Crippen LogP contribution in [0.4, 0.5) is 0 Å². The lowest BCUT2D eigenvalue weighted by atomic mass is 10.1. The molecular formula is C19H29N3O3S. The molecule has 0 aliphatic carbocycles. The van der Waals surface area contributed by atoms with Crippen LogP contribution in [0.25, 0.3) is 0 Å². The van der Waals surface area contributed by atoms with Crippen molar-refractivity contribution in [3.63, 3.8) is 0 Å². The number of rotatable bonds is 6. The number of hydrogen-bond donors (Lipinski definition) is 1. The molecule has 1 aromatic rings. The van der Waals surface area contributed by atoms with E-state index in [-0.39, 0.29) is 0 Å². The first-order valence-corrected chi connectivity index (χ1v) is 10.1. The van der Waals surface area contributed by atoms with Crippen LogP contribution in [0.15, 0.2) is 23.2 Å². The minimum Gasteiger partial charge on any atom is -0.496 e. The molecular weight excluding hydrogens is 350 g/mol. The normalized spacial score (nSPS) is 17.8. The second-order valence-electron chi connectivity index (χ2n) is 6.04. The first kappa shape index (κ1) is 20.4. The van der Waals surface area contributed by atoms with Crippen LogP contribution in [-0.4, -0.2) is 61.7 Å². The average molecular weight is 380 g/mol. The Kier molecular flexibility index (Phi) is 8.09. The summed E-state index contributed by atoms with van der Waals surface area (Å²) in [5.74, 6) is 2.18. The van der Waals surface area contributed by atoms with Crippen molar-refractivity contribution in [2.24, 2.45) is 4.99 Å². The molecule has 0 saturated carbocycles. The van der Waals surface area contributed by atoms with Gasteiger partial charge in [0, 0.05) is 30.6 Å². The van der Waals surface area contributed by atoms with Gasteiger partial charge >= 0.3 is 5.97 Å². The van der Waals surface area contributed by atoms with E-state index in [9.17, 15) is 4.79 Å². The molecule has 144 valence electrons. The third-order valence-electron chi connectivity index (χ3n) is 4.31. The molecule has 0 aromatic heterocycles. The average Bonchev–Trinajstić information content (AvgIpc) is 2.70. The maximum atomic E-state index is 11.8. The minimum absolute atomic E-state index is 0.401. The van der Waals surface area contributed by atoms with E-state index in [4.69, 9.17) is 14.5 Å². The van der Waals surface area contributed by atoms with E-state index in [1.54, 1.807) is 13.2 Å².